The number of carbonyl (C=O) groups excluding carboxylic acids is 1. The Labute approximate surface area is 266 Å². The van der Waals surface area contributed by atoms with Crippen LogP contribution in [-0.4, -0.2) is 40.6 Å². The van der Waals surface area contributed by atoms with E-state index in [2.05, 4.69) is 43.5 Å². The van der Waals surface area contributed by atoms with Crippen molar-refractivity contribution in [3.05, 3.63) is 107 Å². The number of nitrogens with one attached hydrogen (secondary N) is 2. The normalized spacial score (nSPS) is 20.2. The first-order valence-electron chi connectivity index (χ1n) is 15.8. The van der Waals surface area contributed by atoms with Crippen LogP contribution < -0.4 is 10.6 Å². The Hall–Kier alpha value is -3.95. The molecular weight excluding hydrogens is 582 g/mol. The Kier molecular flexibility index (Phi) is 8.59. The van der Waals surface area contributed by atoms with E-state index >= 15 is 0 Å². The van der Waals surface area contributed by atoms with Crippen LogP contribution in [0.15, 0.2) is 84.9 Å². The molecule has 45 heavy (non-hydrogen) atoms. The summed E-state index contributed by atoms with van der Waals surface area (Å²) in [4.78, 5) is 13.1. The molecule has 2 bridgehead atoms. The van der Waals surface area contributed by atoms with Gasteiger partial charge in [0.2, 0.25) is 10.0 Å². The van der Waals surface area contributed by atoms with E-state index < -0.39 is 10.0 Å². The van der Waals surface area contributed by atoms with E-state index in [0.29, 0.717) is 17.4 Å². The summed E-state index contributed by atoms with van der Waals surface area (Å²) in [5, 5.41) is 10.7. The van der Waals surface area contributed by atoms with Crippen molar-refractivity contribution < 1.29 is 13.2 Å². The number of anilines is 2. The minimum atomic E-state index is -3.35. The molecule has 0 saturated carbocycles. The summed E-state index contributed by atoms with van der Waals surface area (Å²) in [5.41, 5.74) is 5.48. The summed E-state index contributed by atoms with van der Waals surface area (Å²) in [6.07, 6.45) is 4.55. The third-order valence-corrected chi connectivity index (χ3v) is 10.9. The molecule has 2 aliphatic heterocycles. The minimum absolute atomic E-state index is 0.0690. The number of amides is 2. The second kappa shape index (κ2) is 12.4. The molecule has 3 aromatic carbocycles. The molecule has 2 amide bonds. The van der Waals surface area contributed by atoms with Crippen LogP contribution in [0, 0.1) is 12.8 Å². The van der Waals surface area contributed by atoms with Crippen molar-refractivity contribution in [2.45, 2.75) is 83.1 Å². The lowest BCUT2D eigenvalue weighted by atomic mass is 9.87. The molecule has 0 radical (unpaired) electrons. The third-order valence-electron chi connectivity index (χ3n) is 9.01. The average Bonchev–Trinajstić information content (AvgIpc) is 3.54. The van der Waals surface area contributed by atoms with Gasteiger partial charge in [-0.15, -0.1) is 0 Å². The van der Waals surface area contributed by atoms with Gasteiger partial charge in [-0.1, -0.05) is 80.9 Å². The smallest absolute Gasteiger partial charge is 0.308 e. The number of nitrogens with zero attached hydrogens (tertiary/aromatic N) is 3. The molecule has 2 N–H and O–H groups in total. The summed E-state index contributed by atoms with van der Waals surface area (Å²) in [6.45, 7) is 8.34. The lowest BCUT2D eigenvalue weighted by molar-refractivity contribution is 0.190. The second-order valence-corrected chi connectivity index (χ2v) is 15.6. The highest BCUT2D eigenvalue weighted by atomic mass is 32.2. The number of urea groups is 1. The molecule has 2 aliphatic rings. The summed E-state index contributed by atoms with van der Waals surface area (Å²) in [6, 6.07) is 27.3. The number of sulfonamides is 1. The molecule has 3 heterocycles. The van der Waals surface area contributed by atoms with Gasteiger partial charge in [0, 0.05) is 29.3 Å². The van der Waals surface area contributed by atoms with Gasteiger partial charge in [0.25, 0.3) is 0 Å². The molecule has 1 aromatic heterocycles. The molecule has 2 fully saturated rings. The van der Waals surface area contributed by atoms with Gasteiger partial charge in [-0.2, -0.15) is 9.40 Å². The monoisotopic (exact) mass is 625 g/mol. The highest BCUT2D eigenvalue weighted by Gasteiger charge is 2.46. The molecule has 2 unspecified atom stereocenters. The summed E-state index contributed by atoms with van der Waals surface area (Å²) in [5.74, 6) is 1.11. The topological polar surface area (TPSA) is 96.3 Å². The lowest BCUT2D eigenvalue weighted by Gasteiger charge is -2.38. The summed E-state index contributed by atoms with van der Waals surface area (Å²) in [7, 11) is -3.35. The molecule has 4 aromatic rings. The molecule has 0 aliphatic carbocycles. The lowest BCUT2D eigenvalue weighted by Crippen LogP contribution is -2.47. The van der Waals surface area contributed by atoms with Gasteiger partial charge in [0.05, 0.1) is 17.1 Å². The molecule has 236 valence electrons. The van der Waals surface area contributed by atoms with Crippen LogP contribution in [0.25, 0.3) is 5.69 Å². The van der Waals surface area contributed by atoms with Crippen molar-refractivity contribution in [1.29, 1.82) is 0 Å². The van der Waals surface area contributed by atoms with Crippen LogP contribution in [0.1, 0.15) is 68.8 Å². The number of fused-ring (bicyclic) bond motifs is 2. The van der Waals surface area contributed by atoms with Gasteiger partial charge in [0.1, 0.15) is 5.82 Å². The Morgan fingerprint density at radius 3 is 2.13 bits per heavy atom. The van der Waals surface area contributed by atoms with Crippen LogP contribution in [-0.2, 0) is 27.6 Å². The van der Waals surface area contributed by atoms with Crippen molar-refractivity contribution in [2.24, 2.45) is 5.92 Å². The quantitative estimate of drug-likeness (QED) is 0.213. The molecule has 6 rings (SSSR count). The van der Waals surface area contributed by atoms with Gasteiger partial charge in [-0.3, -0.25) is 5.32 Å². The fraction of sp³-hybridized carbons (Fsp3) is 0.389. The summed E-state index contributed by atoms with van der Waals surface area (Å²) < 4.78 is 30.3. The van der Waals surface area contributed by atoms with E-state index in [-0.39, 0.29) is 29.3 Å². The number of hydrogen-bond donors (Lipinski definition) is 2. The predicted molar refractivity (Wildman–Crippen MR) is 180 cm³/mol. The first kappa shape index (κ1) is 31.0. The molecule has 9 heteroatoms. The first-order chi connectivity index (χ1) is 21.4. The maximum absolute atomic E-state index is 13.4. The van der Waals surface area contributed by atoms with Gasteiger partial charge >= 0.3 is 6.03 Å². The predicted octanol–water partition coefficient (Wildman–Crippen LogP) is 7.44. The van der Waals surface area contributed by atoms with Crippen molar-refractivity contribution in [1.82, 2.24) is 14.1 Å². The third kappa shape index (κ3) is 7.15. The Morgan fingerprint density at radius 2 is 1.51 bits per heavy atom. The van der Waals surface area contributed by atoms with E-state index in [1.165, 1.54) is 5.56 Å². The van der Waals surface area contributed by atoms with Crippen molar-refractivity contribution in [3.63, 3.8) is 0 Å². The Morgan fingerprint density at radius 1 is 0.867 bits per heavy atom. The fourth-order valence-electron chi connectivity index (χ4n) is 6.78. The van der Waals surface area contributed by atoms with E-state index in [9.17, 15) is 13.2 Å². The van der Waals surface area contributed by atoms with E-state index in [1.807, 2.05) is 84.0 Å². The zero-order chi connectivity index (χ0) is 31.8. The van der Waals surface area contributed by atoms with E-state index in [1.54, 1.807) is 4.68 Å². The number of aromatic nitrogens is 2. The molecule has 0 spiro atoms. The number of piperidine rings is 1. The van der Waals surface area contributed by atoms with Crippen molar-refractivity contribution in [2.75, 3.05) is 10.6 Å². The van der Waals surface area contributed by atoms with Crippen LogP contribution in [0.3, 0.4) is 0 Å². The van der Waals surface area contributed by atoms with Crippen LogP contribution in [0.4, 0.5) is 16.3 Å². The van der Waals surface area contributed by atoms with Gasteiger partial charge < -0.3 is 5.32 Å². The standard InChI is InChI=1S/C36H43N5O3S/c1-25-10-16-30(17-11-25)40-34(23-33(39-40)36(2,3)4)38-35(42)37-29-14-12-26(13-15-29)20-28-21-31-18-19-32(22-28)41(31)45(43,44)24-27-8-6-5-7-9-27/h5-17,23,28,31-32H,18-22,24H2,1-4H3,(H2,37,38,42). The number of hydrogen-bond acceptors (Lipinski definition) is 4. The second-order valence-electron chi connectivity index (χ2n) is 13.7. The molecule has 2 saturated heterocycles. The number of benzene rings is 3. The zero-order valence-corrected chi connectivity index (χ0v) is 27.3. The molecule has 8 nitrogen and oxygen atoms in total. The Bertz CT molecular complexity index is 1730. The van der Waals surface area contributed by atoms with Gasteiger partial charge in [0.15, 0.2) is 0 Å². The van der Waals surface area contributed by atoms with Crippen LogP contribution in [0.2, 0.25) is 0 Å². The number of aryl methyl sites for hydroxylation is 1. The van der Waals surface area contributed by atoms with E-state index in [4.69, 9.17) is 5.10 Å². The van der Waals surface area contributed by atoms with Crippen molar-refractivity contribution in [3.8, 4) is 5.69 Å². The van der Waals surface area contributed by atoms with Gasteiger partial charge in [-0.05, 0) is 80.3 Å². The highest BCUT2D eigenvalue weighted by Crippen LogP contribution is 2.42. The zero-order valence-electron chi connectivity index (χ0n) is 26.5. The number of carbonyl (C=O) groups is 1. The van der Waals surface area contributed by atoms with E-state index in [0.717, 1.165) is 54.6 Å². The molecule has 2 atom stereocenters. The maximum Gasteiger partial charge on any atom is 0.324 e. The van der Waals surface area contributed by atoms with Crippen LogP contribution >= 0.6 is 0 Å². The maximum atomic E-state index is 13.4. The average molecular weight is 626 g/mol. The highest BCUT2D eigenvalue weighted by molar-refractivity contribution is 7.88. The van der Waals surface area contributed by atoms with Gasteiger partial charge in [-0.25, -0.2) is 17.9 Å². The SMILES string of the molecule is Cc1ccc(-n2nc(C(C)(C)C)cc2NC(=O)Nc2ccc(CC3CC4CCC(C3)N4S(=O)(=O)Cc3ccccc3)cc2)cc1. The minimum Gasteiger partial charge on any atom is -0.308 e. The fourth-order valence-corrected chi connectivity index (χ4v) is 8.84. The summed E-state index contributed by atoms with van der Waals surface area (Å²) >= 11 is 0. The van der Waals surface area contributed by atoms with Crippen LogP contribution in [0.5, 0.6) is 0 Å². The Balaban J connectivity index is 1.07. The first-order valence-corrected chi connectivity index (χ1v) is 17.5. The number of rotatable bonds is 8. The van der Waals surface area contributed by atoms with Crippen molar-refractivity contribution >= 4 is 27.6 Å². The largest absolute Gasteiger partial charge is 0.324 e. The molecular formula is C36H43N5O3S.